The van der Waals surface area contributed by atoms with Gasteiger partial charge in [0, 0.05) is 19.2 Å². The van der Waals surface area contributed by atoms with Crippen LogP contribution in [0.5, 0.6) is 11.5 Å². The number of nitrogens with zero attached hydrogens (tertiary/aromatic N) is 1. The van der Waals surface area contributed by atoms with Crippen molar-refractivity contribution in [1.82, 2.24) is 4.31 Å². The first kappa shape index (κ1) is 19.9. The second kappa shape index (κ2) is 7.67. The van der Waals surface area contributed by atoms with Crippen molar-refractivity contribution in [2.45, 2.75) is 32.1 Å². The zero-order chi connectivity index (χ0) is 19.7. The molecule has 2 aliphatic rings. The molecular weight excluding hydrogens is 368 g/mol. The lowest BCUT2D eigenvalue weighted by Gasteiger charge is -2.37. The van der Waals surface area contributed by atoms with Crippen molar-refractivity contribution in [1.29, 1.82) is 0 Å². The molecule has 1 heterocycles. The number of carbonyl (C=O) groups is 1. The number of anilines is 1. The maximum atomic E-state index is 13.2. The highest BCUT2D eigenvalue weighted by Crippen LogP contribution is 2.48. The van der Waals surface area contributed by atoms with Crippen LogP contribution in [0.15, 0.2) is 18.2 Å². The Kier molecular flexibility index (Phi) is 5.67. The molecule has 1 aliphatic heterocycles. The minimum atomic E-state index is -3.33. The topological polar surface area (TPSA) is 84.9 Å². The monoisotopic (exact) mass is 396 g/mol. The summed E-state index contributed by atoms with van der Waals surface area (Å²) in [5.41, 5.74) is 0.289. The van der Waals surface area contributed by atoms with Crippen LogP contribution in [0.4, 0.5) is 5.69 Å². The van der Waals surface area contributed by atoms with E-state index in [-0.39, 0.29) is 23.8 Å². The Labute approximate surface area is 161 Å². The van der Waals surface area contributed by atoms with Gasteiger partial charge in [0.25, 0.3) is 0 Å². The highest BCUT2D eigenvalue weighted by atomic mass is 32.2. The first-order chi connectivity index (χ1) is 12.8. The summed E-state index contributed by atoms with van der Waals surface area (Å²) >= 11 is 0. The van der Waals surface area contributed by atoms with E-state index in [0.29, 0.717) is 23.7 Å². The number of rotatable bonds is 5. The minimum absolute atomic E-state index is 0.147. The molecule has 1 saturated heterocycles. The number of benzene rings is 1. The van der Waals surface area contributed by atoms with Crippen molar-refractivity contribution in [3.63, 3.8) is 0 Å². The zero-order valence-corrected chi connectivity index (χ0v) is 17.0. The quantitative estimate of drug-likeness (QED) is 0.827. The third-order valence-electron chi connectivity index (χ3n) is 5.92. The van der Waals surface area contributed by atoms with Crippen LogP contribution >= 0.6 is 0 Å². The van der Waals surface area contributed by atoms with Crippen molar-refractivity contribution in [2.75, 3.05) is 38.9 Å². The average Bonchev–Trinajstić information content (AvgIpc) is 3.01. The van der Waals surface area contributed by atoms with Crippen molar-refractivity contribution in [2.24, 2.45) is 11.3 Å². The fraction of sp³-hybridized carbons (Fsp3) is 0.632. The fourth-order valence-electron chi connectivity index (χ4n) is 4.42. The second-order valence-electron chi connectivity index (χ2n) is 7.59. The maximum absolute atomic E-state index is 13.2. The van der Waals surface area contributed by atoms with Gasteiger partial charge in [-0.15, -0.1) is 0 Å². The molecule has 150 valence electrons. The molecule has 7 nitrogen and oxygen atoms in total. The molecule has 0 radical (unpaired) electrons. The van der Waals surface area contributed by atoms with E-state index in [4.69, 9.17) is 9.47 Å². The summed E-state index contributed by atoms with van der Waals surface area (Å²) in [5, 5.41) is 2.96. The van der Waals surface area contributed by atoms with Crippen LogP contribution in [0.1, 0.15) is 32.1 Å². The molecule has 2 fully saturated rings. The van der Waals surface area contributed by atoms with Crippen molar-refractivity contribution in [3.8, 4) is 11.5 Å². The van der Waals surface area contributed by atoms with E-state index in [9.17, 15) is 13.2 Å². The van der Waals surface area contributed by atoms with Crippen molar-refractivity contribution < 1.29 is 22.7 Å². The minimum Gasteiger partial charge on any atom is -0.497 e. The highest BCUT2D eigenvalue weighted by Gasteiger charge is 2.52. The van der Waals surface area contributed by atoms with E-state index < -0.39 is 10.0 Å². The molecule has 0 unspecified atom stereocenters. The third kappa shape index (κ3) is 4.06. The number of ether oxygens (including phenoxy) is 2. The lowest BCUT2D eigenvalue weighted by atomic mass is 9.67. The number of amides is 1. The number of hydrogen-bond donors (Lipinski definition) is 1. The first-order valence-corrected chi connectivity index (χ1v) is 11.1. The van der Waals surface area contributed by atoms with E-state index in [1.165, 1.54) is 17.7 Å². The van der Waals surface area contributed by atoms with E-state index >= 15 is 0 Å². The van der Waals surface area contributed by atoms with Gasteiger partial charge in [0.15, 0.2) is 0 Å². The van der Waals surface area contributed by atoms with E-state index in [2.05, 4.69) is 5.32 Å². The van der Waals surface area contributed by atoms with Crippen LogP contribution in [0.2, 0.25) is 0 Å². The molecule has 3 rings (SSSR count). The van der Waals surface area contributed by atoms with Gasteiger partial charge in [0.1, 0.15) is 11.5 Å². The maximum Gasteiger partial charge on any atom is 0.229 e. The second-order valence-corrected chi connectivity index (χ2v) is 9.57. The summed E-state index contributed by atoms with van der Waals surface area (Å²) < 4.78 is 36.3. The van der Waals surface area contributed by atoms with Crippen LogP contribution in [0.25, 0.3) is 0 Å². The summed E-state index contributed by atoms with van der Waals surface area (Å²) in [5.74, 6) is 0.641. The molecule has 1 saturated carbocycles. The molecule has 0 aromatic heterocycles. The Morgan fingerprint density at radius 3 is 2.48 bits per heavy atom. The number of nitrogens with one attached hydrogen (secondary N) is 1. The molecule has 1 spiro atoms. The lowest BCUT2D eigenvalue weighted by molar-refractivity contribution is -0.123. The molecule has 27 heavy (non-hydrogen) atoms. The van der Waals surface area contributed by atoms with Crippen LogP contribution in [0.3, 0.4) is 0 Å². The summed E-state index contributed by atoms with van der Waals surface area (Å²) in [6, 6.07) is 5.21. The standard InChI is InChI=1S/C19H28N2O5S/c1-25-14-7-8-16(17(11-14)26-2)20-18(22)15-12-21(27(3,23)24)13-19(15)9-5-4-6-10-19/h7-8,11,15H,4-6,9-10,12-13H2,1-3H3,(H,20,22)/t15-/m0/s1. The number of sulfonamides is 1. The predicted octanol–water partition coefficient (Wildman–Crippen LogP) is 2.48. The van der Waals surface area contributed by atoms with Crippen LogP contribution in [-0.4, -0.2) is 52.2 Å². The molecular formula is C19H28N2O5S. The highest BCUT2D eigenvalue weighted by molar-refractivity contribution is 7.88. The molecule has 1 atom stereocenters. The van der Waals surface area contributed by atoms with E-state index in [0.717, 1.165) is 32.1 Å². The van der Waals surface area contributed by atoms with Gasteiger partial charge in [-0.1, -0.05) is 19.3 Å². The van der Waals surface area contributed by atoms with Gasteiger partial charge in [0.2, 0.25) is 15.9 Å². The molecule has 1 N–H and O–H groups in total. The molecule has 1 aliphatic carbocycles. The summed E-state index contributed by atoms with van der Waals surface area (Å²) in [6.07, 6.45) is 6.20. The predicted molar refractivity (Wildman–Crippen MR) is 104 cm³/mol. The molecule has 1 aromatic rings. The summed E-state index contributed by atoms with van der Waals surface area (Å²) in [4.78, 5) is 13.2. The largest absolute Gasteiger partial charge is 0.497 e. The van der Waals surface area contributed by atoms with Gasteiger partial charge in [-0.2, -0.15) is 0 Å². The van der Waals surface area contributed by atoms with Gasteiger partial charge in [-0.05, 0) is 30.4 Å². The third-order valence-corrected chi connectivity index (χ3v) is 7.13. The molecule has 0 bridgehead atoms. The van der Waals surface area contributed by atoms with Gasteiger partial charge in [0.05, 0.1) is 32.1 Å². The molecule has 1 aromatic carbocycles. The first-order valence-electron chi connectivity index (χ1n) is 9.27. The van der Waals surface area contributed by atoms with E-state index in [1.807, 2.05) is 0 Å². The Morgan fingerprint density at radius 2 is 1.89 bits per heavy atom. The SMILES string of the molecule is COc1ccc(NC(=O)[C@@H]2CN(S(C)(=O)=O)CC23CCCCC3)c(OC)c1. The van der Waals surface area contributed by atoms with Crippen LogP contribution in [-0.2, 0) is 14.8 Å². The summed E-state index contributed by atoms with van der Waals surface area (Å²) in [7, 11) is -0.224. The number of methoxy groups -OCH3 is 2. The molecule has 1 amide bonds. The fourth-order valence-corrected chi connectivity index (χ4v) is 5.33. The van der Waals surface area contributed by atoms with Gasteiger partial charge in [-0.25, -0.2) is 12.7 Å². The Hall–Kier alpha value is -1.80. The Balaban J connectivity index is 1.85. The van der Waals surface area contributed by atoms with Gasteiger partial charge in [-0.3, -0.25) is 4.79 Å². The smallest absolute Gasteiger partial charge is 0.229 e. The van der Waals surface area contributed by atoms with Crippen molar-refractivity contribution in [3.05, 3.63) is 18.2 Å². The van der Waals surface area contributed by atoms with Crippen molar-refractivity contribution >= 4 is 21.6 Å². The Bertz CT molecular complexity index is 802. The van der Waals surface area contributed by atoms with Gasteiger partial charge < -0.3 is 14.8 Å². The summed E-state index contributed by atoms with van der Waals surface area (Å²) in [6.45, 7) is 0.673. The number of hydrogen-bond acceptors (Lipinski definition) is 5. The van der Waals surface area contributed by atoms with Crippen LogP contribution < -0.4 is 14.8 Å². The van der Waals surface area contributed by atoms with Crippen LogP contribution in [0, 0.1) is 11.3 Å². The lowest BCUT2D eigenvalue weighted by Crippen LogP contribution is -2.39. The van der Waals surface area contributed by atoms with E-state index in [1.54, 1.807) is 25.3 Å². The average molecular weight is 397 g/mol. The number of carbonyl (C=O) groups excluding carboxylic acids is 1. The zero-order valence-electron chi connectivity index (χ0n) is 16.2. The van der Waals surface area contributed by atoms with Gasteiger partial charge >= 0.3 is 0 Å². The molecule has 8 heteroatoms. The Morgan fingerprint density at radius 1 is 1.19 bits per heavy atom. The normalized spacial score (nSPS) is 22.6.